The monoisotopic (exact) mass is 282 g/mol. The second-order valence-electron chi connectivity index (χ2n) is 4.76. The lowest BCUT2D eigenvalue weighted by Gasteiger charge is -2.17. The minimum atomic E-state index is -4.80. The van der Waals surface area contributed by atoms with Gasteiger partial charge in [0.2, 0.25) is 0 Å². The summed E-state index contributed by atoms with van der Waals surface area (Å²) in [6.07, 6.45) is -5.19. The molecule has 1 aromatic rings. The first-order chi connectivity index (χ1) is 8.55. The highest BCUT2D eigenvalue weighted by Gasteiger charge is 2.54. The minimum Gasteiger partial charge on any atom is -0.298 e. The number of ketones is 1. The van der Waals surface area contributed by atoms with E-state index in [0.29, 0.717) is 4.68 Å². The van der Waals surface area contributed by atoms with Gasteiger partial charge in [0, 0.05) is 11.5 Å². The topological polar surface area (TPSA) is 34.9 Å². The van der Waals surface area contributed by atoms with Crippen LogP contribution in [-0.2, 0) is 29.9 Å². The largest absolute Gasteiger partial charge is 0.435 e. The van der Waals surface area contributed by atoms with Crippen LogP contribution in [0.5, 0.6) is 0 Å². The van der Waals surface area contributed by atoms with E-state index in [0.717, 1.165) is 6.92 Å². The van der Waals surface area contributed by atoms with Crippen molar-refractivity contribution in [3.8, 4) is 0 Å². The molecule has 19 heavy (non-hydrogen) atoms. The molecule has 1 aromatic heterocycles. The van der Waals surface area contributed by atoms with Gasteiger partial charge in [-0.05, 0) is 13.3 Å². The van der Waals surface area contributed by atoms with Crippen molar-refractivity contribution >= 4 is 5.78 Å². The van der Waals surface area contributed by atoms with Gasteiger partial charge in [-0.2, -0.15) is 27.1 Å². The van der Waals surface area contributed by atoms with Crippen LogP contribution in [-0.4, -0.2) is 15.6 Å². The number of halogens is 5. The normalized spacial score (nSPS) is 21.5. The Morgan fingerprint density at radius 1 is 1.47 bits per heavy atom. The summed E-state index contributed by atoms with van der Waals surface area (Å²) in [6.45, 7) is 1.71. The maximum atomic E-state index is 13.9. The smallest absolute Gasteiger partial charge is 0.298 e. The maximum Gasteiger partial charge on any atom is 0.435 e. The Balaban J connectivity index is 2.63. The lowest BCUT2D eigenvalue weighted by atomic mass is 10.1. The number of Topliss-reactive ketones (excluding diaryl/α,β-unsaturated/α-hetero) is 1. The van der Waals surface area contributed by atoms with Crippen LogP contribution in [0.1, 0.15) is 30.8 Å². The van der Waals surface area contributed by atoms with Crippen LogP contribution < -0.4 is 0 Å². The van der Waals surface area contributed by atoms with Gasteiger partial charge in [0.1, 0.15) is 5.69 Å². The molecule has 2 rings (SSSR count). The summed E-state index contributed by atoms with van der Waals surface area (Å²) in [5.74, 6) is -5.17. The van der Waals surface area contributed by atoms with Crippen molar-refractivity contribution in [1.82, 2.24) is 9.78 Å². The summed E-state index contributed by atoms with van der Waals surface area (Å²) < 4.78 is 66.6. The molecule has 0 amide bonds. The Hall–Kier alpha value is -1.47. The summed E-state index contributed by atoms with van der Waals surface area (Å²) in [7, 11) is 0. The van der Waals surface area contributed by atoms with E-state index in [2.05, 4.69) is 5.10 Å². The van der Waals surface area contributed by atoms with Crippen molar-refractivity contribution in [2.24, 2.45) is 5.92 Å². The van der Waals surface area contributed by atoms with E-state index < -0.39 is 53.7 Å². The molecule has 1 atom stereocenters. The van der Waals surface area contributed by atoms with Crippen molar-refractivity contribution in [3.63, 3.8) is 0 Å². The Morgan fingerprint density at radius 2 is 2.05 bits per heavy atom. The van der Waals surface area contributed by atoms with Gasteiger partial charge in [0.25, 0.3) is 5.92 Å². The van der Waals surface area contributed by atoms with Gasteiger partial charge in [-0.1, -0.05) is 6.92 Å². The molecule has 0 aromatic carbocycles. The second kappa shape index (κ2) is 4.01. The number of alkyl halides is 5. The molecular formula is C11H11F5N2O. The number of carbonyl (C=O) groups is 1. The zero-order valence-electron chi connectivity index (χ0n) is 10.2. The average Bonchev–Trinajstić information content (AvgIpc) is 2.64. The van der Waals surface area contributed by atoms with Crippen LogP contribution in [0.15, 0.2) is 0 Å². The molecule has 8 heteroatoms. The average molecular weight is 282 g/mol. The summed E-state index contributed by atoms with van der Waals surface area (Å²) in [5, 5.41) is 3.16. The number of aromatic nitrogens is 2. The summed E-state index contributed by atoms with van der Waals surface area (Å²) in [5.41, 5.74) is -2.58. The molecule has 0 N–H and O–H groups in total. The number of rotatable bonds is 2. The van der Waals surface area contributed by atoms with Gasteiger partial charge in [-0.3, -0.25) is 9.48 Å². The summed E-state index contributed by atoms with van der Waals surface area (Å²) in [6, 6.07) is 0. The van der Waals surface area contributed by atoms with Gasteiger partial charge in [-0.25, -0.2) is 0 Å². The Labute approximate surface area is 105 Å². The predicted octanol–water partition coefficient (Wildman–Crippen LogP) is 2.77. The highest BCUT2D eigenvalue weighted by molar-refractivity contribution is 5.75. The van der Waals surface area contributed by atoms with E-state index in [1.54, 1.807) is 0 Å². The fraction of sp³-hybridized carbons (Fsp3) is 0.636. The van der Waals surface area contributed by atoms with Crippen molar-refractivity contribution in [1.29, 1.82) is 0 Å². The first-order valence-electron chi connectivity index (χ1n) is 5.59. The number of hydrogen-bond donors (Lipinski definition) is 0. The molecule has 0 saturated heterocycles. The van der Waals surface area contributed by atoms with Crippen LogP contribution in [0.2, 0.25) is 0 Å². The third kappa shape index (κ3) is 2.12. The zero-order chi connectivity index (χ0) is 14.6. The molecule has 0 bridgehead atoms. The van der Waals surface area contributed by atoms with Crippen LogP contribution in [0.4, 0.5) is 22.0 Å². The summed E-state index contributed by atoms with van der Waals surface area (Å²) in [4.78, 5) is 11.0. The number of carbonyl (C=O) groups excluding carboxylic acids is 1. The van der Waals surface area contributed by atoms with Crippen LogP contribution in [0.3, 0.4) is 0 Å². The van der Waals surface area contributed by atoms with Crippen LogP contribution in [0.25, 0.3) is 0 Å². The Bertz CT molecular complexity index is 532. The lowest BCUT2D eigenvalue weighted by molar-refractivity contribution is -0.142. The van der Waals surface area contributed by atoms with Gasteiger partial charge in [-0.15, -0.1) is 0 Å². The van der Waals surface area contributed by atoms with Crippen molar-refractivity contribution in [2.45, 2.75) is 38.9 Å². The van der Waals surface area contributed by atoms with Gasteiger partial charge < -0.3 is 0 Å². The zero-order valence-corrected chi connectivity index (χ0v) is 10.2. The Morgan fingerprint density at radius 3 is 2.53 bits per heavy atom. The molecule has 1 aliphatic rings. The van der Waals surface area contributed by atoms with E-state index in [1.807, 2.05) is 0 Å². The van der Waals surface area contributed by atoms with E-state index in [9.17, 15) is 26.7 Å². The number of hydrogen-bond acceptors (Lipinski definition) is 2. The minimum absolute atomic E-state index is 0.394. The van der Waals surface area contributed by atoms with Gasteiger partial charge in [0.15, 0.2) is 11.5 Å². The fourth-order valence-electron chi connectivity index (χ4n) is 2.29. The quantitative estimate of drug-likeness (QED) is 0.782. The first-order valence-corrected chi connectivity index (χ1v) is 5.59. The molecule has 0 radical (unpaired) electrons. The second-order valence-corrected chi connectivity index (χ2v) is 4.76. The molecule has 0 aliphatic heterocycles. The standard InChI is InChI=1S/C11H11F5N2O/c1-5-3-7-8(11(14,15)16)17-18(4-6(2)19)9(7)10(5,12)13/h5H,3-4H2,1-2H3. The highest BCUT2D eigenvalue weighted by atomic mass is 19.4. The van der Waals surface area contributed by atoms with Crippen molar-refractivity contribution in [3.05, 3.63) is 17.0 Å². The molecule has 106 valence electrons. The van der Waals surface area contributed by atoms with Crippen molar-refractivity contribution in [2.75, 3.05) is 0 Å². The molecule has 1 heterocycles. The number of nitrogens with zero attached hydrogens (tertiary/aromatic N) is 2. The van der Waals surface area contributed by atoms with Gasteiger partial charge >= 0.3 is 6.18 Å². The SMILES string of the molecule is CC(=O)Cn1nc(C(F)(F)F)c2c1C(F)(F)C(C)C2. The van der Waals surface area contributed by atoms with Crippen LogP contribution in [0, 0.1) is 5.92 Å². The van der Waals surface area contributed by atoms with Crippen LogP contribution >= 0.6 is 0 Å². The van der Waals surface area contributed by atoms with E-state index in [4.69, 9.17) is 0 Å². The predicted molar refractivity (Wildman–Crippen MR) is 54.7 cm³/mol. The van der Waals surface area contributed by atoms with E-state index in [1.165, 1.54) is 6.92 Å². The maximum absolute atomic E-state index is 13.9. The summed E-state index contributed by atoms with van der Waals surface area (Å²) >= 11 is 0. The Kier molecular flexibility index (Phi) is 2.94. The molecule has 3 nitrogen and oxygen atoms in total. The third-order valence-corrected chi connectivity index (χ3v) is 3.14. The van der Waals surface area contributed by atoms with Gasteiger partial charge in [0.05, 0.1) is 6.54 Å². The molecule has 0 fully saturated rings. The molecule has 1 unspecified atom stereocenters. The highest BCUT2D eigenvalue weighted by Crippen LogP contribution is 2.49. The van der Waals surface area contributed by atoms with E-state index in [-0.39, 0.29) is 0 Å². The lowest BCUT2D eigenvalue weighted by Crippen LogP contribution is -2.24. The molecule has 0 saturated carbocycles. The van der Waals surface area contributed by atoms with E-state index >= 15 is 0 Å². The molecule has 0 spiro atoms. The fourth-order valence-corrected chi connectivity index (χ4v) is 2.29. The third-order valence-electron chi connectivity index (χ3n) is 3.14. The first kappa shape index (κ1) is 14.0. The molecular weight excluding hydrogens is 271 g/mol. The molecule has 1 aliphatic carbocycles. The number of fused-ring (bicyclic) bond motifs is 1. The van der Waals surface area contributed by atoms with Crippen molar-refractivity contribution < 1.29 is 26.7 Å².